The zero-order chi connectivity index (χ0) is 29.5. The number of unbranched alkanes of at least 4 members (excludes halogenated alkanes) is 4. The van der Waals surface area contributed by atoms with E-state index in [1.807, 2.05) is 36.4 Å². The number of benzene rings is 3. The maximum Gasteiger partial charge on any atom is 0.341 e. The van der Waals surface area contributed by atoms with Crippen molar-refractivity contribution >= 4 is 16.7 Å². The average molecular weight is 572 g/mol. The number of phenols is 1. The summed E-state index contributed by atoms with van der Waals surface area (Å²) in [6, 6.07) is 21.4. The Morgan fingerprint density at radius 3 is 2.48 bits per heavy atom. The molecular weight excluding hydrogens is 526 g/mol. The van der Waals surface area contributed by atoms with Crippen LogP contribution >= 0.6 is 0 Å². The fourth-order valence-electron chi connectivity index (χ4n) is 5.47. The van der Waals surface area contributed by atoms with Crippen molar-refractivity contribution in [1.29, 1.82) is 0 Å². The van der Waals surface area contributed by atoms with E-state index in [0.717, 1.165) is 75.7 Å². The van der Waals surface area contributed by atoms with Gasteiger partial charge >= 0.3 is 5.97 Å². The zero-order valence-corrected chi connectivity index (χ0v) is 24.6. The second-order valence-electron chi connectivity index (χ2n) is 11.3. The highest BCUT2D eigenvalue weighted by molar-refractivity contribution is 6.01. The van der Waals surface area contributed by atoms with E-state index in [1.165, 1.54) is 5.56 Å². The Kier molecular flexibility index (Phi) is 12.6. The first kappa shape index (κ1) is 31.5. The third-order valence-corrected chi connectivity index (χ3v) is 7.89. The van der Waals surface area contributed by atoms with Gasteiger partial charge in [0.25, 0.3) is 0 Å². The zero-order valence-electron chi connectivity index (χ0n) is 24.6. The van der Waals surface area contributed by atoms with Crippen LogP contribution in [0.2, 0.25) is 0 Å². The van der Waals surface area contributed by atoms with Gasteiger partial charge in [0, 0.05) is 30.6 Å². The molecule has 3 aromatic carbocycles. The number of ether oxygens (including phenoxy) is 2. The predicted octanol–water partition coefficient (Wildman–Crippen LogP) is 6.76. The summed E-state index contributed by atoms with van der Waals surface area (Å²) in [4.78, 5) is 13.0. The topological polar surface area (TPSA) is 88.0 Å². The number of aliphatic hydroxyl groups excluding tert-OH is 1. The first-order chi connectivity index (χ1) is 20.6. The van der Waals surface area contributed by atoms with Crippen LogP contribution in [0.25, 0.3) is 10.8 Å². The minimum atomic E-state index is -0.551. The van der Waals surface area contributed by atoms with E-state index in [2.05, 4.69) is 41.7 Å². The van der Waals surface area contributed by atoms with Gasteiger partial charge in [-0.3, -0.25) is 0 Å². The van der Waals surface area contributed by atoms with E-state index >= 15 is 0 Å². The van der Waals surface area contributed by atoms with E-state index in [4.69, 9.17) is 9.47 Å². The SMILES string of the molecule is O=C(OCC1(CNCCCCCCOCCCCc2ccccc2)C=CC=C(CO)C1)c1ccc2ccccc2c1O. The number of fused-ring (bicyclic) bond motifs is 1. The largest absolute Gasteiger partial charge is 0.506 e. The fourth-order valence-corrected chi connectivity index (χ4v) is 5.47. The molecule has 3 aromatic rings. The first-order valence-corrected chi connectivity index (χ1v) is 15.3. The fraction of sp³-hybridized carbons (Fsp3) is 0.417. The molecule has 0 amide bonds. The summed E-state index contributed by atoms with van der Waals surface area (Å²) in [5, 5.41) is 25.5. The molecule has 0 radical (unpaired) electrons. The summed E-state index contributed by atoms with van der Waals surface area (Å²) in [5.74, 6) is -0.613. The van der Waals surface area contributed by atoms with Gasteiger partial charge in [0.15, 0.2) is 0 Å². The molecule has 0 spiro atoms. The molecule has 0 saturated carbocycles. The third kappa shape index (κ3) is 9.55. The molecule has 1 atom stereocenters. The van der Waals surface area contributed by atoms with Crippen LogP contribution in [0.15, 0.2) is 90.5 Å². The number of aryl methyl sites for hydroxylation is 1. The van der Waals surface area contributed by atoms with Crippen LogP contribution in [0.5, 0.6) is 5.75 Å². The normalized spacial score (nSPS) is 16.5. The van der Waals surface area contributed by atoms with Crippen LogP contribution in [0, 0.1) is 5.41 Å². The first-order valence-electron chi connectivity index (χ1n) is 15.3. The molecule has 42 heavy (non-hydrogen) atoms. The molecule has 0 aliphatic heterocycles. The number of aromatic hydroxyl groups is 1. The minimum Gasteiger partial charge on any atom is -0.506 e. The lowest BCUT2D eigenvalue weighted by atomic mass is 9.79. The van der Waals surface area contributed by atoms with Crippen LogP contribution in [0.4, 0.5) is 0 Å². The monoisotopic (exact) mass is 571 g/mol. The van der Waals surface area contributed by atoms with Gasteiger partial charge < -0.3 is 25.0 Å². The van der Waals surface area contributed by atoms with E-state index in [0.29, 0.717) is 18.4 Å². The minimum absolute atomic E-state index is 0.0272. The summed E-state index contributed by atoms with van der Waals surface area (Å²) >= 11 is 0. The molecule has 224 valence electrons. The molecule has 6 heteroatoms. The van der Waals surface area contributed by atoms with Gasteiger partial charge in [0.2, 0.25) is 0 Å². The number of esters is 1. The van der Waals surface area contributed by atoms with E-state index < -0.39 is 11.4 Å². The Morgan fingerprint density at radius 2 is 1.64 bits per heavy atom. The molecule has 4 rings (SSSR count). The lowest BCUT2D eigenvalue weighted by Crippen LogP contribution is -2.39. The maximum absolute atomic E-state index is 13.0. The van der Waals surface area contributed by atoms with Crippen molar-refractivity contribution in [3.05, 3.63) is 102 Å². The highest BCUT2D eigenvalue weighted by Crippen LogP contribution is 2.33. The molecule has 0 bridgehead atoms. The second-order valence-corrected chi connectivity index (χ2v) is 11.3. The van der Waals surface area contributed by atoms with Crippen LogP contribution < -0.4 is 5.32 Å². The number of allylic oxidation sites excluding steroid dienone is 2. The maximum atomic E-state index is 13.0. The number of rotatable bonds is 18. The molecule has 3 N–H and O–H groups in total. The van der Waals surface area contributed by atoms with Gasteiger partial charge in [0.05, 0.1) is 6.61 Å². The molecule has 0 aromatic heterocycles. The molecule has 6 nitrogen and oxygen atoms in total. The summed E-state index contributed by atoms with van der Waals surface area (Å²) in [5.41, 5.74) is 2.00. The van der Waals surface area contributed by atoms with E-state index in [1.54, 1.807) is 12.1 Å². The molecule has 1 unspecified atom stereocenters. The van der Waals surface area contributed by atoms with Gasteiger partial charge in [0.1, 0.15) is 17.9 Å². The Hall–Kier alpha value is -3.45. The highest BCUT2D eigenvalue weighted by atomic mass is 16.5. The molecular formula is C36H45NO5. The molecule has 0 heterocycles. The Balaban J connectivity index is 1.13. The van der Waals surface area contributed by atoms with Crippen LogP contribution in [0.3, 0.4) is 0 Å². The summed E-state index contributed by atoms with van der Waals surface area (Å²) in [6.07, 6.45) is 14.3. The third-order valence-electron chi connectivity index (χ3n) is 7.89. The molecule has 1 aliphatic rings. The molecule has 0 saturated heterocycles. The number of carbonyl (C=O) groups is 1. The smallest absolute Gasteiger partial charge is 0.341 e. The van der Waals surface area contributed by atoms with Gasteiger partial charge in [-0.25, -0.2) is 4.79 Å². The Labute approximate surface area is 250 Å². The van der Waals surface area contributed by atoms with Crippen molar-refractivity contribution in [2.75, 3.05) is 39.5 Å². The number of carbonyl (C=O) groups excluding carboxylic acids is 1. The Morgan fingerprint density at radius 1 is 0.881 bits per heavy atom. The standard InChI is InChI=1S/C36H45NO5/c38-26-30-16-12-21-36(25-30,28-42-35(40)33-20-19-31-17-6-7-18-32(31)34(33)39)27-37-22-9-1-2-10-23-41-24-11-8-15-29-13-4-3-5-14-29/h3-7,12-14,16-21,37-39H,1-2,8-11,15,22-28H2. The van der Waals surface area contributed by atoms with Crippen molar-refractivity contribution in [2.24, 2.45) is 5.41 Å². The van der Waals surface area contributed by atoms with Crippen molar-refractivity contribution in [1.82, 2.24) is 5.32 Å². The predicted molar refractivity (Wildman–Crippen MR) is 169 cm³/mol. The number of aliphatic hydroxyl groups is 1. The number of phenolic OH excluding ortho intramolecular Hbond substituents is 1. The highest BCUT2D eigenvalue weighted by Gasteiger charge is 2.32. The van der Waals surface area contributed by atoms with E-state index in [-0.39, 0.29) is 24.5 Å². The lowest BCUT2D eigenvalue weighted by molar-refractivity contribution is 0.0350. The summed E-state index contributed by atoms with van der Waals surface area (Å²) in [6.45, 7) is 3.28. The lowest BCUT2D eigenvalue weighted by Gasteiger charge is -2.33. The van der Waals surface area contributed by atoms with E-state index in [9.17, 15) is 15.0 Å². The van der Waals surface area contributed by atoms with Gasteiger partial charge in [-0.05, 0) is 67.7 Å². The second kappa shape index (κ2) is 16.9. The van der Waals surface area contributed by atoms with Gasteiger partial charge in [-0.2, -0.15) is 0 Å². The van der Waals surface area contributed by atoms with Crippen LogP contribution in [0.1, 0.15) is 60.9 Å². The van der Waals surface area contributed by atoms with Crippen molar-refractivity contribution in [3.63, 3.8) is 0 Å². The summed E-state index contributed by atoms with van der Waals surface area (Å²) in [7, 11) is 0. The molecule has 1 aliphatic carbocycles. The van der Waals surface area contributed by atoms with Crippen LogP contribution in [-0.2, 0) is 15.9 Å². The Bertz CT molecular complexity index is 1320. The van der Waals surface area contributed by atoms with Crippen LogP contribution in [-0.4, -0.2) is 55.7 Å². The summed E-state index contributed by atoms with van der Waals surface area (Å²) < 4.78 is 11.6. The number of nitrogens with one attached hydrogen (secondary N) is 1. The molecule has 0 fully saturated rings. The van der Waals surface area contributed by atoms with Crippen molar-refractivity contribution in [3.8, 4) is 5.75 Å². The van der Waals surface area contributed by atoms with Crippen molar-refractivity contribution < 1.29 is 24.5 Å². The van der Waals surface area contributed by atoms with Gasteiger partial charge in [-0.15, -0.1) is 0 Å². The average Bonchev–Trinajstić information content (AvgIpc) is 3.03. The quantitative estimate of drug-likeness (QED) is 0.116. The van der Waals surface area contributed by atoms with Crippen molar-refractivity contribution in [2.45, 2.75) is 51.4 Å². The van der Waals surface area contributed by atoms with Gasteiger partial charge in [-0.1, -0.05) is 91.7 Å². The number of hydrogen-bond acceptors (Lipinski definition) is 6. The number of hydrogen-bond donors (Lipinski definition) is 3.